The highest BCUT2D eigenvalue weighted by atomic mass is 19.3. The van der Waals surface area contributed by atoms with E-state index in [1.165, 1.54) is 82.8 Å². The second-order valence-corrected chi connectivity index (χ2v) is 9.86. The van der Waals surface area contributed by atoms with E-state index in [1.54, 1.807) is 12.1 Å². The van der Waals surface area contributed by atoms with Gasteiger partial charge in [0, 0.05) is 0 Å². The minimum atomic E-state index is -4.45. The number of hydrogen-bond acceptors (Lipinski definition) is 1. The second-order valence-electron chi connectivity index (χ2n) is 9.86. The molecule has 176 valence electrons. The maximum Gasteiger partial charge on any atom is 0.461 e. The molecule has 5 heteroatoms. The third-order valence-electron chi connectivity index (χ3n) is 7.62. The lowest BCUT2D eigenvalue weighted by Gasteiger charge is -2.32. The Balaban J connectivity index is 1.36. The van der Waals surface area contributed by atoms with E-state index in [2.05, 4.69) is 11.7 Å². The Morgan fingerprint density at radius 3 is 1.77 bits per heavy atom. The van der Waals surface area contributed by atoms with Gasteiger partial charge in [-0.1, -0.05) is 76.8 Å². The van der Waals surface area contributed by atoms with Crippen molar-refractivity contribution in [3.8, 4) is 5.75 Å². The summed E-state index contributed by atoms with van der Waals surface area (Å²) in [5.41, 5.74) is 1.09. The summed E-state index contributed by atoms with van der Waals surface area (Å²) in [5.74, 6) is 2.92. The molecule has 0 aliphatic heterocycles. The van der Waals surface area contributed by atoms with Crippen molar-refractivity contribution in [2.45, 2.75) is 109 Å². The van der Waals surface area contributed by atoms with E-state index >= 15 is 0 Å². The van der Waals surface area contributed by atoms with Crippen LogP contribution >= 0.6 is 0 Å². The molecule has 0 unspecified atom stereocenters. The first-order chi connectivity index (χ1) is 14.9. The van der Waals surface area contributed by atoms with Gasteiger partial charge in [-0.2, -0.15) is 17.6 Å². The molecule has 31 heavy (non-hydrogen) atoms. The highest BCUT2D eigenvalue weighted by molar-refractivity contribution is 5.30. The van der Waals surface area contributed by atoms with Gasteiger partial charge in [-0.05, 0) is 67.1 Å². The molecule has 2 fully saturated rings. The van der Waals surface area contributed by atoms with Crippen LogP contribution in [0.1, 0.15) is 102 Å². The zero-order valence-electron chi connectivity index (χ0n) is 18.8. The summed E-state index contributed by atoms with van der Waals surface area (Å²) in [6.07, 6.45) is 8.92. The van der Waals surface area contributed by atoms with Gasteiger partial charge < -0.3 is 4.74 Å². The average molecular weight is 443 g/mol. The fraction of sp³-hybridized carbons (Fsp3) is 0.769. The van der Waals surface area contributed by atoms with E-state index in [1.807, 2.05) is 0 Å². The fourth-order valence-electron chi connectivity index (χ4n) is 5.57. The summed E-state index contributed by atoms with van der Waals surface area (Å²) in [7, 11) is 0. The number of rotatable bonds is 10. The van der Waals surface area contributed by atoms with E-state index in [-0.39, 0.29) is 5.75 Å². The number of ether oxygens (including phenoxy) is 1. The van der Waals surface area contributed by atoms with Gasteiger partial charge >= 0.3 is 12.5 Å². The lowest BCUT2D eigenvalue weighted by atomic mass is 9.74. The normalized spacial score (nSPS) is 27.4. The van der Waals surface area contributed by atoms with Crippen molar-refractivity contribution in [2.24, 2.45) is 17.8 Å². The summed E-state index contributed by atoms with van der Waals surface area (Å²) in [6, 6.07) is 6.26. The van der Waals surface area contributed by atoms with Crippen LogP contribution in [-0.4, -0.2) is 12.5 Å². The first-order valence-electron chi connectivity index (χ1n) is 12.3. The Labute approximate surface area is 184 Å². The summed E-state index contributed by atoms with van der Waals surface area (Å²) in [4.78, 5) is 0. The van der Waals surface area contributed by atoms with Gasteiger partial charge in [0.1, 0.15) is 5.75 Å². The Kier molecular flexibility index (Phi) is 9.09. The minimum absolute atomic E-state index is 0.216. The molecule has 0 aromatic heterocycles. The quantitative estimate of drug-likeness (QED) is 0.329. The van der Waals surface area contributed by atoms with Crippen LogP contribution in [-0.2, 0) is 0 Å². The number of halogens is 4. The molecule has 3 rings (SSSR count). The minimum Gasteiger partial charge on any atom is -0.428 e. The van der Waals surface area contributed by atoms with Crippen LogP contribution in [0.5, 0.6) is 5.75 Å². The zero-order valence-corrected chi connectivity index (χ0v) is 18.8. The lowest BCUT2D eigenvalue weighted by molar-refractivity contribution is -0.253. The van der Waals surface area contributed by atoms with Crippen LogP contribution < -0.4 is 4.74 Å². The average Bonchev–Trinajstić information content (AvgIpc) is 2.77. The number of alkyl halides is 4. The Hall–Kier alpha value is -1.26. The van der Waals surface area contributed by atoms with Crippen LogP contribution in [0.15, 0.2) is 24.3 Å². The Morgan fingerprint density at radius 1 is 0.806 bits per heavy atom. The molecule has 1 aromatic rings. The van der Waals surface area contributed by atoms with Gasteiger partial charge in [0.15, 0.2) is 0 Å². The van der Waals surface area contributed by atoms with Crippen LogP contribution in [0.4, 0.5) is 17.6 Å². The van der Waals surface area contributed by atoms with Gasteiger partial charge in [-0.15, -0.1) is 0 Å². The predicted octanol–water partition coefficient (Wildman–Crippen LogP) is 8.97. The summed E-state index contributed by atoms with van der Waals surface area (Å²) >= 11 is 0. The van der Waals surface area contributed by atoms with E-state index < -0.39 is 12.5 Å². The maximum atomic E-state index is 13.0. The van der Waals surface area contributed by atoms with E-state index in [4.69, 9.17) is 0 Å². The third kappa shape index (κ3) is 7.39. The van der Waals surface area contributed by atoms with Crippen LogP contribution in [0.3, 0.4) is 0 Å². The van der Waals surface area contributed by atoms with E-state index in [0.29, 0.717) is 5.92 Å². The largest absolute Gasteiger partial charge is 0.461 e. The molecule has 0 atom stereocenters. The molecular weight excluding hydrogens is 404 g/mol. The Bertz CT molecular complexity index is 629. The number of benzene rings is 1. The smallest absolute Gasteiger partial charge is 0.428 e. The molecular formula is C26H38F4O. The number of unbranched alkanes of at least 4 members (excludes halogenated alkanes) is 1. The molecule has 0 radical (unpaired) electrons. The molecule has 0 saturated heterocycles. The molecule has 2 aliphatic carbocycles. The van der Waals surface area contributed by atoms with Crippen molar-refractivity contribution < 1.29 is 22.3 Å². The van der Waals surface area contributed by atoms with Crippen molar-refractivity contribution in [3.05, 3.63) is 29.8 Å². The van der Waals surface area contributed by atoms with Gasteiger partial charge in [-0.3, -0.25) is 0 Å². The van der Waals surface area contributed by atoms with Crippen LogP contribution in [0.2, 0.25) is 0 Å². The molecule has 2 aliphatic rings. The molecule has 0 spiro atoms. The van der Waals surface area contributed by atoms with Gasteiger partial charge in [0.2, 0.25) is 0 Å². The van der Waals surface area contributed by atoms with Crippen molar-refractivity contribution in [3.63, 3.8) is 0 Å². The molecule has 2 saturated carbocycles. The van der Waals surface area contributed by atoms with Crippen LogP contribution in [0, 0.1) is 17.8 Å². The fourth-order valence-corrected chi connectivity index (χ4v) is 5.57. The first-order valence-corrected chi connectivity index (χ1v) is 12.3. The lowest BCUT2D eigenvalue weighted by Crippen LogP contribution is -2.33. The summed E-state index contributed by atoms with van der Waals surface area (Å²) < 4.78 is 54.8. The van der Waals surface area contributed by atoms with Crippen LogP contribution in [0.25, 0.3) is 0 Å². The molecule has 0 heterocycles. The molecule has 0 amide bonds. The van der Waals surface area contributed by atoms with Gasteiger partial charge in [0.25, 0.3) is 0 Å². The maximum absolute atomic E-state index is 13.0. The Morgan fingerprint density at radius 2 is 1.29 bits per heavy atom. The number of hydrogen-bond donors (Lipinski definition) is 0. The predicted molar refractivity (Wildman–Crippen MR) is 117 cm³/mol. The van der Waals surface area contributed by atoms with E-state index in [9.17, 15) is 17.6 Å². The summed E-state index contributed by atoms with van der Waals surface area (Å²) in [5, 5.41) is 0. The van der Waals surface area contributed by atoms with Gasteiger partial charge in [0.05, 0.1) is 0 Å². The van der Waals surface area contributed by atoms with Crippen molar-refractivity contribution >= 4 is 0 Å². The summed E-state index contributed by atoms with van der Waals surface area (Å²) in [6.45, 7) is 2.28. The zero-order chi connectivity index (χ0) is 22.3. The molecule has 0 N–H and O–H groups in total. The highest BCUT2D eigenvalue weighted by Gasteiger charge is 2.44. The molecule has 0 bridgehead atoms. The molecule has 1 aromatic carbocycles. The topological polar surface area (TPSA) is 9.23 Å². The standard InChI is InChI=1S/C26H38F4O/c1-2-3-4-19-5-7-20(8-6-19)9-10-21-11-13-22(14-12-21)23-15-17-24(18-16-23)31-26(29,30)25(27)28/h15-22,25H,2-14H2,1H3/t19-,20-,21-,22-. The van der Waals surface area contributed by atoms with E-state index in [0.717, 1.165) is 36.2 Å². The monoisotopic (exact) mass is 442 g/mol. The molecule has 1 nitrogen and oxygen atoms in total. The highest BCUT2D eigenvalue weighted by Crippen LogP contribution is 2.40. The van der Waals surface area contributed by atoms with Crippen molar-refractivity contribution in [1.29, 1.82) is 0 Å². The third-order valence-corrected chi connectivity index (χ3v) is 7.62. The SMILES string of the molecule is CCCC[C@H]1CC[C@H](CC[C@H]2CC[C@H](c3ccc(OC(F)(F)C(F)F)cc3)CC2)CC1. The van der Waals surface area contributed by atoms with Gasteiger partial charge in [-0.25, -0.2) is 0 Å². The van der Waals surface area contributed by atoms with Crippen molar-refractivity contribution in [1.82, 2.24) is 0 Å². The van der Waals surface area contributed by atoms with Crippen molar-refractivity contribution in [2.75, 3.05) is 0 Å². The first kappa shape index (κ1) is 24.4. The second kappa shape index (κ2) is 11.6.